The van der Waals surface area contributed by atoms with Gasteiger partial charge in [-0.05, 0) is 37.1 Å². The zero-order valence-corrected chi connectivity index (χ0v) is 10.4. The number of piperazine rings is 1. The van der Waals surface area contributed by atoms with Crippen LogP contribution < -0.4 is 0 Å². The van der Waals surface area contributed by atoms with Gasteiger partial charge in [-0.1, -0.05) is 6.42 Å². The van der Waals surface area contributed by atoms with E-state index in [0.29, 0.717) is 0 Å². The fourth-order valence-electron chi connectivity index (χ4n) is 3.11. The predicted octanol–water partition coefficient (Wildman–Crippen LogP) is 1.75. The molecule has 3 heterocycles. The van der Waals surface area contributed by atoms with Gasteiger partial charge in [0, 0.05) is 44.6 Å². The maximum Gasteiger partial charge on any atom is 0.0271 e. The summed E-state index contributed by atoms with van der Waals surface area (Å²) in [7, 11) is 0. The summed E-state index contributed by atoms with van der Waals surface area (Å²) in [6.45, 7) is 6.15. The summed E-state index contributed by atoms with van der Waals surface area (Å²) >= 11 is 0. The number of rotatable bonds is 2. The van der Waals surface area contributed by atoms with Crippen LogP contribution >= 0.6 is 0 Å². The minimum Gasteiger partial charge on any atom is -0.298 e. The van der Waals surface area contributed by atoms with Crippen molar-refractivity contribution in [3.63, 3.8) is 0 Å². The van der Waals surface area contributed by atoms with E-state index in [2.05, 4.69) is 26.9 Å². The van der Waals surface area contributed by atoms with Gasteiger partial charge in [0.15, 0.2) is 0 Å². The summed E-state index contributed by atoms with van der Waals surface area (Å²) in [5, 5.41) is 0. The molecule has 2 aliphatic heterocycles. The van der Waals surface area contributed by atoms with E-state index in [1.54, 1.807) is 0 Å². The maximum atomic E-state index is 4.08. The van der Waals surface area contributed by atoms with Gasteiger partial charge in [0.2, 0.25) is 0 Å². The molecule has 0 bridgehead atoms. The van der Waals surface area contributed by atoms with Crippen molar-refractivity contribution in [2.45, 2.75) is 31.8 Å². The minimum atomic E-state index is 0.819. The zero-order valence-electron chi connectivity index (χ0n) is 10.4. The van der Waals surface area contributed by atoms with Gasteiger partial charge in [-0.15, -0.1) is 0 Å². The normalized spacial score (nSPS) is 26.7. The van der Waals surface area contributed by atoms with Crippen molar-refractivity contribution < 1.29 is 0 Å². The first-order valence-electron chi connectivity index (χ1n) is 6.77. The Balaban J connectivity index is 1.59. The van der Waals surface area contributed by atoms with Crippen molar-refractivity contribution in [1.82, 2.24) is 14.8 Å². The van der Waals surface area contributed by atoms with E-state index >= 15 is 0 Å². The molecule has 0 unspecified atom stereocenters. The summed E-state index contributed by atoms with van der Waals surface area (Å²) in [5.74, 6) is 0. The first-order valence-corrected chi connectivity index (χ1v) is 6.77. The van der Waals surface area contributed by atoms with E-state index in [4.69, 9.17) is 0 Å². The third-order valence-electron chi connectivity index (χ3n) is 4.08. The summed E-state index contributed by atoms with van der Waals surface area (Å²) < 4.78 is 0. The maximum absolute atomic E-state index is 4.08. The summed E-state index contributed by atoms with van der Waals surface area (Å²) in [5.41, 5.74) is 1.39. The molecule has 0 aliphatic carbocycles. The van der Waals surface area contributed by atoms with Gasteiger partial charge in [0.1, 0.15) is 0 Å². The highest BCUT2D eigenvalue weighted by Gasteiger charge is 2.28. The van der Waals surface area contributed by atoms with Crippen LogP contribution in [0.5, 0.6) is 0 Å². The quantitative estimate of drug-likeness (QED) is 0.773. The Morgan fingerprint density at radius 2 is 2.00 bits per heavy atom. The van der Waals surface area contributed by atoms with Gasteiger partial charge in [-0.2, -0.15) is 0 Å². The molecule has 0 radical (unpaired) electrons. The molecule has 1 atom stereocenters. The third kappa shape index (κ3) is 2.67. The molecule has 0 aromatic carbocycles. The minimum absolute atomic E-state index is 0.819. The highest BCUT2D eigenvalue weighted by atomic mass is 15.3. The molecule has 0 saturated carbocycles. The number of aromatic nitrogens is 1. The van der Waals surface area contributed by atoms with E-state index in [1.165, 1.54) is 51.0 Å². The lowest BCUT2D eigenvalue weighted by atomic mass is 9.99. The SMILES string of the molecule is c1cc(CN2CCN3CCCC[C@H]3C2)ccn1. The summed E-state index contributed by atoms with van der Waals surface area (Å²) in [4.78, 5) is 9.36. The molecular formula is C14H21N3. The lowest BCUT2D eigenvalue weighted by Crippen LogP contribution is -2.54. The van der Waals surface area contributed by atoms with Crippen LogP contribution in [0.15, 0.2) is 24.5 Å². The van der Waals surface area contributed by atoms with Gasteiger partial charge in [0.05, 0.1) is 0 Å². The van der Waals surface area contributed by atoms with Crippen LogP contribution in [0.4, 0.5) is 0 Å². The van der Waals surface area contributed by atoms with Gasteiger partial charge in [-0.3, -0.25) is 14.8 Å². The molecule has 3 rings (SSSR count). The Morgan fingerprint density at radius 1 is 1.12 bits per heavy atom. The highest BCUT2D eigenvalue weighted by Crippen LogP contribution is 2.21. The fourth-order valence-corrected chi connectivity index (χ4v) is 3.11. The Labute approximate surface area is 103 Å². The molecule has 17 heavy (non-hydrogen) atoms. The second-order valence-electron chi connectivity index (χ2n) is 5.28. The van der Waals surface area contributed by atoms with Crippen LogP contribution in [-0.2, 0) is 6.54 Å². The first-order chi connectivity index (χ1) is 8.42. The van der Waals surface area contributed by atoms with Crippen LogP contribution in [0.2, 0.25) is 0 Å². The van der Waals surface area contributed by atoms with Crippen LogP contribution in [0.1, 0.15) is 24.8 Å². The molecule has 92 valence electrons. The van der Waals surface area contributed by atoms with E-state index in [0.717, 1.165) is 12.6 Å². The van der Waals surface area contributed by atoms with Gasteiger partial charge < -0.3 is 0 Å². The van der Waals surface area contributed by atoms with E-state index in [9.17, 15) is 0 Å². The number of hydrogen-bond donors (Lipinski definition) is 0. The molecule has 3 nitrogen and oxygen atoms in total. The molecule has 2 aliphatic rings. The van der Waals surface area contributed by atoms with Crippen molar-refractivity contribution in [1.29, 1.82) is 0 Å². The predicted molar refractivity (Wildman–Crippen MR) is 68.7 cm³/mol. The lowest BCUT2D eigenvalue weighted by molar-refractivity contribution is 0.0457. The van der Waals surface area contributed by atoms with Gasteiger partial charge >= 0.3 is 0 Å². The lowest BCUT2D eigenvalue weighted by Gasteiger charge is -2.44. The van der Waals surface area contributed by atoms with Crippen LogP contribution in [0.3, 0.4) is 0 Å². The summed E-state index contributed by atoms with van der Waals surface area (Å²) in [6.07, 6.45) is 8.01. The molecule has 1 aromatic rings. The number of fused-ring (bicyclic) bond motifs is 1. The van der Waals surface area contributed by atoms with Crippen molar-refractivity contribution in [2.75, 3.05) is 26.2 Å². The van der Waals surface area contributed by atoms with Crippen molar-refractivity contribution in [2.24, 2.45) is 0 Å². The fraction of sp³-hybridized carbons (Fsp3) is 0.643. The van der Waals surface area contributed by atoms with Gasteiger partial charge in [0.25, 0.3) is 0 Å². The van der Waals surface area contributed by atoms with Crippen molar-refractivity contribution in [3.05, 3.63) is 30.1 Å². The van der Waals surface area contributed by atoms with Crippen molar-refractivity contribution in [3.8, 4) is 0 Å². The molecule has 1 aromatic heterocycles. The smallest absolute Gasteiger partial charge is 0.0271 e. The van der Waals surface area contributed by atoms with E-state index in [-0.39, 0.29) is 0 Å². The second kappa shape index (κ2) is 5.15. The largest absolute Gasteiger partial charge is 0.298 e. The number of hydrogen-bond acceptors (Lipinski definition) is 3. The van der Waals surface area contributed by atoms with E-state index in [1.807, 2.05) is 12.4 Å². The topological polar surface area (TPSA) is 19.4 Å². The first kappa shape index (κ1) is 11.2. The van der Waals surface area contributed by atoms with Crippen molar-refractivity contribution >= 4 is 0 Å². The number of nitrogens with zero attached hydrogens (tertiary/aromatic N) is 3. The Bertz CT molecular complexity index is 352. The third-order valence-corrected chi connectivity index (χ3v) is 4.08. The zero-order chi connectivity index (χ0) is 11.5. The van der Waals surface area contributed by atoms with Crippen LogP contribution in [-0.4, -0.2) is 47.0 Å². The van der Waals surface area contributed by atoms with Crippen LogP contribution in [0, 0.1) is 0 Å². The highest BCUT2D eigenvalue weighted by molar-refractivity contribution is 5.09. The van der Waals surface area contributed by atoms with Crippen LogP contribution in [0.25, 0.3) is 0 Å². The molecule has 2 fully saturated rings. The standard InChI is InChI=1S/C14H21N3/c1-2-8-17-10-9-16(12-14(17)3-1)11-13-4-6-15-7-5-13/h4-7,14H,1-3,8-12H2/t14-/m0/s1. The summed E-state index contributed by atoms with van der Waals surface area (Å²) in [6, 6.07) is 5.08. The average Bonchev–Trinajstić information content (AvgIpc) is 2.40. The second-order valence-corrected chi connectivity index (χ2v) is 5.28. The molecule has 0 amide bonds. The Kier molecular flexibility index (Phi) is 3.39. The number of piperidine rings is 1. The average molecular weight is 231 g/mol. The molecule has 3 heteroatoms. The Morgan fingerprint density at radius 3 is 2.88 bits per heavy atom. The molecule has 2 saturated heterocycles. The van der Waals surface area contributed by atoms with Gasteiger partial charge in [-0.25, -0.2) is 0 Å². The monoisotopic (exact) mass is 231 g/mol. The van der Waals surface area contributed by atoms with E-state index < -0.39 is 0 Å². The molecule has 0 spiro atoms. The molecule has 0 N–H and O–H groups in total. The number of pyridine rings is 1. The molecular weight excluding hydrogens is 210 g/mol. The Hall–Kier alpha value is -0.930.